The second kappa shape index (κ2) is 8.05. The van der Waals surface area contributed by atoms with E-state index in [1.807, 2.05) is 26.0 Å². The lowest BCUT2D eigenvalue weighted by molar-refractivity contribution is 0.250. The number of aliphatic hydroxyl groups excluding tert-OH is 1. The number of unbranched alkanes of at least 4 members (excludes halogenated alkanes) is 1. The Morgan fingerprint density at radius 2 is 2.10 bits per heavy atom. The van der Waals surface area contributed by atoms with Crippen molar-refractivity contribution in [3.8, 4) is 5.75 Å². The normalized spacial score (nSPS) is 10.8. The molecule has 0 aliphatic heterocycles. The maximum Gasteiger partial charge on any atom is 0.276 e. The molecule has 0 fully saturated rings. The van der Waals surface area contributed by atoms with Crippen LogP contribution in [-0.4, -0.2) is 27.7 Å². The van der Waals surface area contributed by atoms with Gasteiger partial charge in [0.1, 0.15) is 5.75 Å². The predicted octanol–water partition coefficient (Wildman–Crippen LogP) is 3.13. The number of benzene rings is 1. The molecule has 0 bridgehead atoms. The van der Waals surface area contributed by atoms with Crippen LogP contribution in [0.5, 0.6) is 5.75 Å². The van der Waals surface area contributed by atoms with Crippen molar-refractivity contribution in [2.24, 2.45) is 0 Å². The molecule has 2 rings (SSSR count). The van der Waals surface area contributed by atoms with Gasteiger partial charge in [-0.3, -0.25) is 0 Å². The summed E-state index contributed by atoms with van der Waals surface area (Å²) in [5.74, 6) is 2.17. The molecular weight excluding hydrogens is 288 g/mol. The van der Waals surface area contributed by atoms with Gasteiger partial charge in [0.25, 0.3) is 11.1 Å². The molecule has 114 valence electrons. The van der Waals surface area contributed by atoms with Crippen LogP contribution in [0.2, 0.25) is 0 Å². The summed E-state index contributed by atoms with van der Waals surface area (Å²) in [4.78, 5) is 0. The van der Waals surface area contributed by atoms with Crippen molar-refractivity contribution in [2.75, 3.05) is 12.4 Å². The van der Waals surface area contributed by atoms with Crippen molar-refractivity contribution in [1.29, 1.82) is 0 Å². The smallest absolute Gasteiger partial charge is 0.276 e. The highest BCUT2D eigenvalue weighted by Crippen LogP contribution is 2.21. The quantitative estimate of drug-likeness (QED) is 0.597. The van der Waals surface area contributed by atoms with E-state index < -0.39 is 0 Å². The molecule has 0 saturated heterocycles. The first-order chi connectivity index (χ1) is 10.2. The third kappa shape index (κ3) is 5.06. The zero-order valence-electron chi connectivity index (χ0n) is 12.3. The standard InChI is InChI=1S/C15H20N2O3S/c1-11-5-6-12(2)13(9-11)19-10-14-16-17-15(20-14)21-8-4-3-7-18/h5-6,9,18H,3-4,7-8,10H2,1-2H3. The fraction of sp³-hybridized carbons (Fsp3) is 0.467. The van der Waals surface area contributed by atoms with E-state index in [9.17, 15) is 0 Å². The van der Waals surface area contributed by atoms with Crippen molar-refractivity contribution < 1.29 is 14.3 Å². The van der Waals surface area contributed by atoms with Gasteiger partial charge >= 0.3 is 0 Å². The van der Waals surface area contributed by atoms with Crippen LogP contribution >= 0.6 is 11.8 Å². The summed E-state index contributed by atoms with van der Waals surface area (Å²) in [6.45, 7) is 4.53. The number of ether oxygens (including phenoxy) is 1. The maximum atomic E-state index is 8.71. The molecule has 0 radical (unpaired) electrons. The highest BCUT2D eigenvalue weighted by molar-refractivity contribution is 7.99. The van der Waals surface area contributed by atoms with E-state index in [-0.39, 0.29) is 13.2 Å². The van der Waals surface area contributed by atoms with Gasteiger partial charge in [-0.1, -0.05) is 23.9 Å². The molecule has 1 N–H and O–H groups in total. The second-order valence-corrected chi connectivity index (χ2v) is 5.84. The summed E-state index contributed by atoms with van der Waals surface area (Å²) < 4.78 is 11.2. The van der Waals surface area contributed by atoms with Crippen LogP contribution in [0.25, 0.3) is 0 Å². The van der Waals surface area contributed by atoms with Crippen molar-refractivity contribution in [1.82, 2.24) is 10.2 Å². The molecule has 21 heavy (non-hydrogen) atoms. The lowest BCUT2D eigenvalue weighted by Gasteiger charge is -2.07. The van der Waals surface area contributed by atoms with E-state index in [0.717, 1.165) is 35.5 Å². The zero-order valence-corrected chi connectivity index (χ0v) is 13.2. The SMILES string of the molecule is Cc1ccc(C)c(OCc2nnc(SCCCCO)o2)c1. The third-order valence-corrected chi connectivity index (χ3v) is 3.83. The summed E-state index contributed by atoms with van der Waals surface area (Å²) in [7, 11) is 0. The number of rotatable bonds is 8. The Morgan fingerprint density at radius 3 is 2.90 bits per heavy atom. The first-order valence-corrected chi connectivity index (χ1v) is 7.93. The molecule has 0 aliphatic rings. The molecule has 1 aromatic carbocycles. The van der Waals surface area contributed by atoms with E-state index in [1.54, 1.807) is 0 Å². The molecule has 0 atom stereocenters. The molecule has 0 unspecified atom stereocenters. The summed E-state index contributed by atoms with van der Waals surface area (Å²) in [5, 5.41) is 17.2. The van der Waals surface area contributed by atoms with Crippen LogP contribution in [0.3, 0.4) is 0 Å². The highest BCUT2D eigenvalue weighted by atomic mass is 32.2. The van der Waals surface area contributed by atoms with E-state index in [4.69, 9.17) is 14.3 Å². The molecule has 0 spiro atoms. The van der Waals surface area contributed by atoms with Gasteiger partial charge < -0.3 is 14.3 Å². The first kappa shape index (κ1) is 15.9. The summed E-state index contributed by atoms with van der Waals surface area (Å²) in [5.41, 5.74) is 2.24. The molecule has 2 aromatic rings. The Labute approximate surface area is 128 Å². The monoisotopic (exact) mass is 308 g/mol. The van der Waals surface area contributed by atoms with Crippen LogP contribution < -0.4 is 4.74 Å². The van der Waals surface area contributed by atoms with E-state index in [1.165, 1.54) is 11.8 Å². The molecule has 5 nitrogen and oxygen atoms in total. The third-order valence-electron chi connectivity index (χ3n) is 2.92. The van der Waals surface area contributed by atoms with Crippen LogP contribution in [0.1, 0.15) is 29.9 Å². The zero-order chi connectivity index (χ0) is 15.1. The Hall–Kier alpha value is -1.53. The van der Waals surface area contributed by atoms with Gasteiger partial charge in [-0.15, -0.1) is 10.2 Å². The predicted molar refractivity (Wildman–Crippen MR) is 81.6 cm³/mol. The van der Waals surface area contributed by atoms with E-state index in [2.05, 4.69) is 16.3 Å². The van der Waals surface area contributed by atoms with Crippen LogP contribution in [-0.2, 0) is 6.61 Å². The molecular formula is C15H20N2O3S. The second-order valence-electron chi connectivity index (χ2n) is 4.80. The minimum Gasteiger partial charge on any atom is -0.484 e. The average Bonchev–Trinajstić information content (AvgIpc) is 2.92. The van der Waals surface area contributed by atoms with Gasteiger partial charge in [-0.05, 0) is 43.9 Å². The van der Waals surface area contributed by atoms with Crippen molar-refractivity contribution in [2.45, 2.75) is 38.5 Å². The summed E-state index contributed by atoms with van der Waals surface area (Å²) >= 11 is 1.50. The molecule has 0 amide bonds. The first-order valence-electron chi connectivity index (χ1n) is 6.95. The molecule has 0 saturated carbocycles. The van der Waals surface area contributed by atoms with Crippen LogP contribution in [0.15, 0.2) is 27.8 Å². The minimum absolute atomic E-state index is 0.222. The molecule has 6 heteroatoms. The van der Waals surface area contributed by atoms with Crippen molar-refractivity contribution in [3.05, 3.63) is 35.2 Å². The summed E-state index contributed by atoms with van der Waals surface area (Å²) in [6, 6.07) is 6.08. The number of aryl methyl sites for hydroxylation is 2. The minimum atomic E-state index is 0.222. The fourth-order valence-electron chi connectivity index (χ4n) is 1.73. The number of thioether (sulfide) groups is 1. The number of hydrogen-bond acceptors (Lipinski definition) is 6. The van der Waals surface area contributed by atoms with Crippen molar-refractivity contribution >= 4 is 11.8 Å². The lowest BCUT2D eigenvalue weighted by Crippen LogP contribution is -1.97. The van der Waals surface area contributed by atoms with Gasteiger partial charge in [-0.2, -0.15) is 0 Å². The Balaban J connectivity index is 1.83. The average molecular weight is 308 g/mol. The Morgan fingerprint density at radius 1 is 1.24 bits per heavy atom. The molecule has 1 heterocycles. The Kier molecular flexibility index (Phi) is 6.07. The van der Waals surface area contributed by atoms with Gasteiger partial charge in [0.05, 0.1) is 0 Å². The fourth-order valence-corrected chi connectivity index (χ4v) is 2.51. The van der Waals surface area contributed by atoms with E-state index in [0.29, 0.717) is 11.1 Å². The largest absolute Gasteiger partial charge is 0.484 e. The summed E-state index contributed by atoms with van der Waals surface area (Å²) in [6.07, 6.45) is 1.72. The number of aliphatic hydroxyl groups is 1. The van der Waals surface area contributed by atoms with Gasteiger partial charge in [0.2, 0.25) is 0 Å². The Bertz CT molecular complexity index is 572. The molecule has 0 aliphatic carbocycles. The van der Waals surface area contributed by atoms with Gasteiger partial charge in [-0.25, -0.2) is 0 Å². The van der Waals surface area contributed by atoms with Gasteiger partial charge in [0.15, 0.2) is 6.61 Å². The topological polar surface area (TPSA) is 68.4 Å². The van der Waals surface area contributed by atoms with Crippen LogP contribution in [0.4, 0.5) is 0 Å². The number of aromatic nitrogens is 2. The van der Waals surface area contributed by atoms with Crippen molar-refractivity contribution in [3.63, 3.8) is 0 Å². The molecule has 1 aromatic heterocycles. The van der Waals surface area contributed by atoms with E-state index >= 15 is 0 Å². The number of hydrogen-bond donors (Lipinski definition) is 1. The highest BCUT2D eigenvalue weighted by Gasteiger charge is 2.08. The maximum absolute atomic E-state index is 8.71. The van der Waals surface area contributed by atoms with Gasteiger partial charge in [0, 0.05) is 12.4 Å². The number of nitrogens with zero attached hydrogens (tertiary/aromatic N) is 2. The van der Waals surface area contributed by atoms with Crippen LogP contribution in [0, 0.1) is 13.8 Å². The lowest BCUT2D eigenvalue weighted by atomic mass is 10.1.